The van der Waals surface area contributed by atoms with Gasteiger partial charge >= 0.3 is 0 Å². The second-order valence-electron chi connectivity index (χ2n) is 7.39. The summed E-state index contributed by atoms with van der Waals surface area (Å²) < 4.78 is 10.7. The Morgan fingerprint density at radius 2 is 1.97 bits per heavy atom. The van der Waals surface area contributed by atoms with E-state index >= 15 is 0 Å². The summed E-state index contributed by atoms with van der Waals surface area (Å²) in [5, 5.41) is 2.90. The van der Waals surface area contributed by atoms with Crippen LogP contribution in [0.25, 0.3) is 0 Å². The number of rotatable bonds is 6. The van der Waals surface area contributed by atoms with E-state index in [1.165, 1.54) is 0 Å². The molecule has 4 rings (SSSR count). The molecule has 1 fully saturated rings. The Bertz CT molecular complexity index is 984. The van der Waals surface area contributed by atoms with Crippen molar-refractivity contribution in [3.05, 3.63) is 48.0 Å². The lowest BCUT2D eigenvalue weighted by Crippen LogP contribution is -2.47. The van der Waals surface area contributed by atoms with Gasteiger partial charge < -0.3 is 14.8 Å². The number of amides is 1. The minimum absolute atomic E-state index is 0.0468. The maximum Gasteiger partial charge on any atom is 0.238 e. The lowest BCUT2D eigenvalue weighted by Gasteiger charge is -2.34. The molecule has 2 aliphatic rings. The Hall–Kier alpha value is -3.19. The number of anilines is 1. The zero-order valence-electron chi connectivity index (χ0n) is 17.2. The number of ether oxygens (including phenoxy) is 2. The quantitative estimate of drug-likeness (QED) is 0.795. The molecule has 0 aliphatic carbocycles. The van der Waals surface area contributed by atoms with E-state index in [-0.39, 0.29) is 24.2 Å². The summed E-state index contributed by atoms with van der Waals surface area (Å²) in [6.07, 6.45) is 0.679. The average Bonchev–Trinajstić information content (AvgIpc) is 2.76. The summed E-state index contributed by atoms with van der Waals surface area (Å²) in [5.74, 6) is 1.04. The zero-order chi connectivity index (χ0) is 21.1. The van der Waals surface area contributed by atoms with E-state index in [0.717, 1.165) is 17.1 Å². The third-order valence-corrected chi connectivity index (χ3v) is 5.39. The van der Waals surface area contributed by atoms with Gasteiger partial charge in [-0.3, -0.25) is 19.5 Å². The number of methoxy groups -OCH3 is 1. The highest BCUT2D eigenvalue weighted by Crippen LogP contribution is 2.34. The number of aliphatic imine (C=N–C) groups is 1. The second kappa shape index (κ2) is 8.67. The topological polar surface area (TPSA) is 80.2 Å². The van der Waals surface area contributed by atoms with Gasteiger partial charge in [-0.2, -0.15) is 0 Å². The van der Waals surface area contributed by atoms with Crippen molar-refractivity contribution in [2.45, 2.75) is 13.3 Å². The molecule has 1 atom stereocenters. The maximum atomic E-state index is 13.1. The van der Waals surface area contributed by atoms with Crippen molar-refractivity contribution in [2.24, 2.45) is 10.9 Å². The van der Waals surface area contributed by atoms with Gasteiger partial charge in [-0.05, 0) is 55.8 Å². The molecular formula is C23H25N3O4. The molecule has 0 bridgehead atoms. The van der Waals surface area contributed by atoms with E-state index in [1.54, 1.807) is 13.2 Å². The van der Waals surface area contributed by atoms with Gasteiger partial charge in [0, 0.05) is 30.1 Å². The van der Waals surface area contributed by atoms with E-state index in [1.807, 2.05) is 48.2 Å². The summed E-state index contributed by atoms with van der Waals surface area (Å²) in [6, 6.07) is 12.7. The highest BCUT2D eigenvalue weighted by Gasteiger charge is 2.36. The average molecular weight is 407 g/mol. The van der Waals surface area contributed by atoms with Gasteiger partial charge in [-0.25, -0.2) is 0 Å². The minimum atomic E-state index is -0.309. The van der Waals surface area contributed by atoms with Crippen molar-refractivity contribution in [3.8, 4) is 11.5 Å². The first-order valence-corrected chi connectivity index (χ1v) is 10.1. The largest absolute Gasteiger partial charge is 0.497 e. The molecule has 2 aromatic rings. The fraction of sp³-hybridized carbons (Fsp3) is 0.348. The Morgan fingerprint density at radius 3 is 2.70 bits per heavy atom. The number of piperidine rings is 1. The first-order chi connectivity index (χ1) is 14.6. The minimum Gasteiger partial charge on any atom is -0.497 e. The van der Waals surface area contributed by atoms with Crippen molar-refractivity contribution >= 4 is 28.8 Å². The Morgan fingerprint density at radius 1 is 1.20 bits per heavy atom. The number of hydrogen-bond acceptors (Lipinski definition) is 6. The van der Waals surface area contributed by atoms with Crippen molar-refractivity contribution < 1.29 is 19.1 Å². The number of hydrogen-bond donors (Lipinski definition) is 1. The highest BCUT2D eigenvalue weighted by atomic mass is 16.5. The number of carbonyl (C=O) groups excluding carboxylic acids is 2. The summed E-state index contributed by atoms with van der Waals surface area (Å²) in [6.45, 7) is 3.95. The normalized spacial score (nSPS) is 18.1. The van der Waals surface area contributed by atoms with Gasteiger partial charge in [0.1, 0.15) is 11.5 Å². The van der Waals surface area contributed by atoms with Crippen molar-refractivity contribution in [3.63, 3.8) is 0 Å². The highest BCUT2D eigenvalue weighted by molar-refractivity contribution is 6.18. The molecule has 1 saturated heterocycles. The molecule has 0 radical (unpaired) electrons. The fourth-order valence-corrected chi connectivity index (χ4v) is 3.90. The molecule has 0 spiro atoms. The molecule has 156 valence electrons. The number of fused-ring (bicyclic) bond motifs is 2. The van der Waals surface area contributed by atoms with Gasteiger partial charge in [0.2, 0.25) is 5.91 Å². The number of likely N-dealkylation sites (tertiary alicyclic amines) is 1. The Labute approximate surface area is 175 Å². The van der Waals surface area contributed by atoms with Crippen molar-refractivity contribution in [1.29, 1.82) is 0 Å². The molecule has 0 aromatic heterocycles. The third kappa shape index (κ3) is 4.21. The van der Waals surface area contributed by atoms with Crippen LogP contribution in [0.3, 0.4) is 0 Å². The van der Waals surface area contributed by atoms with Crippen LogP contribution in [0.15, 0.2) is 47.5 Å². The molecule has 1 amide bonds. The van der Waals surface area contributed by atoms with E-state index in [4.69, 9.17) is 14.5 Å². The molecule has 1 N–H and O–H groups in total. The predicted octanol–water partition coefficient (Wildman–Crippen LogP) is 3.32. The summed E-state index contributed by atoms with van der Waals surface area (Å²) in [7, 11) is 1.58. The number of nitrogens with one attached hydrogen (secondary N) is 1. The molecule has 2 aliphatic heterocycles. The van der Waals surface area contributed by atoms with Crippen LogP contribution in [0.2, 0.25) is 0 Å². The lowest BCUT2D eigenvalue weighted by molar-refractivity contribution is -0.117. The molecule has 30 heavy (non-hydrogen) atoms. The van der Waals surface area contributed by atoms with Crippen LogP contribution >= 0.6 is 0 Å². The lowest BCUT2D eigenvalue weighted by atomic mass is 9.85. The first-order valence-electron chi connectivity index (χ1n) is 10.1. The predicted molar refractivity (Wildman–Crippen MR) is 115 cm³/mol. The molecule has 7 nitrogen and oxygen atoms in total. The first kappa shape index (κ1) is 20.1. The standard InChI is InChI=1S/C23H25N3O4/c1-3-30-16-6-4-15(5-7-16)24-22(27)14-26-11-10-21-19(13-26)23(28)18-12-17(29-2)8-9-20(18)25-21/h4-9,12,19H,3,10-11,13-14H2,1-2H3,(H,24,27). The van der Waals surface area contributed by atoms with Gasteiger partial charge in [-0.15, -0.1) is 0 Å². The van der Waals surface area contributed by atoms with E-state index in [0.29, 0.717) is 43.1 Å². The van der Waals surface area contributed by atoms with Crippen LogP contribution in [-0.2, 0) is 4.79 Å². The maximum absolute atomic E-state index is 13.1. The molecular weight excluding hydrogens is 382 g/mol. The van der Waals surface area contributed by atoms with Gasteiger partial charge in [0.15, 0.2) is 5.78 Å². The smallest absolute Gasteiger partial charge is 0.238 e. The van der Waals surface area contributed by atoms with Crippen LogP contribution in [-0.4, -0.2) is 55.7 Å². The summed E-state index contributed by atoms with van der Waals surface area (Å²) >= 11 is 0. The monoisotopic (exact) mass is 407 g/mol. The van der Waals surface area contributed by atoms with E-state index in [9.17, 15) is 9.59 Å². The van der Waals surface area contributed by atoms with Crippen LogP contribution in [0.1, 0.15) is 23.7 Å². The van der Waals surface area contributed by atoms with E-state index < -0.39 is 0 Å². The number of nitrogens with zero attached hydrogens (tertiary/aromatic N) is 2. The number of benzene rings is 2. The van der Waals surface area contributed by atoms with Gasteiger partial charge in [-0.1, -0.05) is 0 Å². The Balaban J connectivity index is 1.39. The number of carbonyl (C=O) groups is 2. The molecule has 7 heteroatoms. The number of Topliss-reactive ketones (excluding diaryl/α,β-unsaturated/α-hetero) is 1. The number of ketones is 1. The summed E-state index contributed by atoms with van der Waals surface area (Å²) in [5.41, 5.74) is 2.91. The van der Waals surface area contributed by atoms with Crippen molar-refractivity contribution in [1.82, 2.24) is 4.90 Å². The Kier molecular flexibility index (Phi) is 5.81. The fourth-order valence-electron chi connectivity index (χ4n) is 3.90. The van der Waals surface area contributed by atoms with Gasteiger partial charge in [0.25, 0.3) is 0 Å². The van der Waals surface area contributed by atoms with E-state index in [2.05, 4.69) is 5.32 Å². The van der Waals surface area contributed by atoms with Gasteiger partial charge in [0.05, 0.1) is 31.9 Å². The SMILES string of the molecule is CCOc1ccc(NC(=O)CN2CCC3=Nc4ccc(OC)cc4C(=O)C3C2)cc1. The second-order valence-corrected chi connectivity index (χ2v) is 7.39. The van der Waals surface area contributed by atoms with Crippen LogP contribution < -0.4 is 14.8 Å². The summed E-state index contributed by atoms with van der Waals surface area (Å²) in [4.78, 5) is 32.3. The molecule has 2 heterocycles. The molecule has 1 unspecified atom stereocenters. The van der Waals surface area contributed by atoms with Crippen LogP contribution in [0.4, 0.5) is 11.4 Å². The molecule has 0 saturated carbocycles. The molecule has 2 aromatic carbocycles. The van der Waals surface area contributed by atoms with Crippen LogP contribution in [0, 0.1) is 5.92 Å². The zero-order valence-corrected chi connectivity index (χ0v) is 17.2. The third-order valence-electron chi connectivity index (χ3n) is 5.39. The van der Waals surface area contributed by atoms with Crippen molar-refractivity contribution in [2.75, 3.05) is 38.7 Å². The van der Waals surface area contributed by atoms with Crippen LogP contribution in [0.5, 0.6) is 11.5 Å².